The number of nitrogens with one attached hydrogen (secondary N) is 2. The number of unbranched alkanes of at least 4 members (excludes halogenated alkanes) is 1. The summed E-state index contributed by atoms with van der Waals surface area (Å²) in [7, 11) is 1.57. The molecule has 0 unspecified atom stereocenters. The Labute approximate surface area is 220 Å². The number of thioether (sulfide) groups is 1. The lowest BCUT2D eigenvalue weighted by atomic mass is 10.1. The number of hydrogen-bond donors (Lipinski definition) is 2. The molecule has 2 N–H and O–H groups in total. The lowest BCUT2D eigenvalue weighted by Crippen LogP contribution is -2.43. The SMILES string of the molecule is CCCCNC(=O)C[C@H]1N=C2c3ccccc3N=C(S[C@H](CC)C(=O)Nc3cccc(OC)c3)N2C1=O. The number of carbonyl (C=O) groups excluding carboxylic acids is 3. The lowest BCUT2D eigenvalue weighted by molar-refractivity contribution is -0.128. The largest absolute Gasteiger partial charge is 0.497 e. The van der Waals surface area contributed by atoms with Crippen molar-refractivity contribution >= 4 is 51.9 Å². The normalized spacial score (nSPS) is 16.8. The predicted octanol–water partition coefficient (Wildman–Crippen LogP) is 4.11. The van der Waals surface area contributed by atoms with E-state index in [1.807, 2.05) is 38.1 Å². The van der Waals surface area contributed by atoms with E-state index in [4.69, 9.17) is 9.73 Å². The minimum absolute atomic E-state index is 0.0316. The van der Waals surface area contributed by atoms with E-state index in [1.54, 1.807) is 31.4 Å². The molecule has 10 heteroatoms. The van der Waals surface area contributed by atoms with E-state index in [-0.39, 0.29) is 24.1 Å². The summed E-state index contributed by atoms with van der Waals surface area (Å²) < 4.78 is 5.24. The fraction of sp³-hybridized carbons (Fsp3) is 0.370. The van der Waals surface area contributed by atoms with Gasteiger partial charge in [-0.25, -0.2) is 9.89 Å². The van der Waals surface area contributed by atoms with Crippen molar-refractivity contribution in [3.05, 3.63) is 54.1 Å². The molecule has 2 aromatic rings. The topological polar surface area (TPSA) is 112 Å². The minimum Gasteiger partial charge on any atom is -0.497 e. The van der Waals surface area contributed by atoms with E-state index in [1.165, 1.54) is 16.7 Å². The predicted molar refractivity (Wildman–Crippen MR) is 147 cm³/mol. The van der Waals surface area contributed by atoms with Crippen LogP contribution in [0.25, 0.3) is 0 Å². The van der Waals surface area contributed by atoms with Gasteiger partial charge in [0.25, 0.3) is 5.91 Å². The molecule has 4 rings (SSSR count). The third-order valence-corrected chi connectivity index (χ3v) is 7.34. The number of para-hydroxylation sites is 1. The van der Waals surface area contributed by atoms with E-state index < -0.39 is 11.3 Å². The summed E-state index contributed by atoms with van der Waals surface area (Å²) in [6, 6.07) is 13.7. The van der Waals surface area contributed by atoms with Crippen molar-refractivity contribution in [3.63, 3.8) is 0 Å². The fourth-order valence-corrected chi connectivity index (χ4v) is 5.06. The molecular weight excluding hydrogens is 490 g/mol. The summed E-state index contributed by atoms with van der Waals surface area (Å²) >= 11 is 1.21. The van der Waals surface area contributed by atoms with E-state index in [9.17, 15) is 14.4 Å². The molecule has 0 saturated carbocycles. The van der Waals surface area contributed by atoms with Crippen molar-refractivity contribution in [1.82, 2.24) is 10.2 Å². The quantitative estimate of drug-likeness (QED) is 0.457. The van der Waals surface area contributed by atoms with Crippen LogP contribution in [0.15, 0.2) is 58.5 Å². The van der Waals surface area contributed by atoms with Crippen LogP contribution in [0.4, 0.5) is 11.4 Å². The molecule has 194 valence electrons. The molecule has 2 atom stereocenters. The van der Waals surface area contributed by atoms with Gasteiger partial charge in [0.1, 0.15) is 17.6 Å². The van der Waals surface area contributed by atoms with Crippen LogP contribution < -0.4 is 15.4 Å². The van der Waals surface area contributed by atoms with Crippen LogP contribution in [0.1, 0.15) is 45.1 Å². The zero-order valence-electron chi connectivity index (χ0n) is 21.2. The van der Waals surface area contributed by atoms with Crippen molar-refractivity contribution < 1.29 is 19.1 Å². The highest BCUT2D eigenvalue weighted by atomic mass is 32.2. The van der Waals surface area contributed by atoms with Crippen LogP contribution >= 0.6 is 11.8 Å². The first-order valence-corrected chi connectivity index (χ1v) is 13.3. The number of aliphatic imine (C=N–C) groups is 2. The summed E-state index contributed by atoms with van der Waals surface area (Å²) in [5.74, 6) is 0.371. The van der Waals surface area contributed by atoms with Gasteiger partial charge in [-0.3, -0.25) is 19.4 Å². The van der Waals surface area contributed by atoms with Crippen LogP contribution in [0, 0.1) is 0 Å². The Bertz CT molecular complexity index is 1240. The molecule has 2 aliphatic rings. The summed E-state index contributed by atoms with van der Waals surface area (Å²) in [5, 5.41) is 5.64. The van der Waals surface area contributed by atoms with Crippen LogP contribution in [0.5, 0.6) is 5.75 Å². The molecule has 0 spiro atoms. The van der Waals surface area contributed by atoms with Gasteiger partial charge < -0.3 is 15.4 Å². The average molecular weight is 522 g/mol. The lowest BCUT2D eigenvalue weighted by Gasteiger charge is -2.27. The third-order valence-electron chi connectivity index (χ3n) is 6.03. The van der Waals surface area contributed by atoms with Crippen molar-refractivity contribution in [2.75, 3.05) is 19.0 Å². The first kappa shape index (κ1) is 26.4. The summed E-state index contributed by atoms with van der Waals surface area (Å²) in [6.07, 6.45) is 2.33. The first-order valence-electron chi connectivity index (χ1n) is 12.4. The Hall–Kier alpha value is -3.66. The molecule has 0 radical (unpaired) electrons. The zero-order chi connectivity index (χ0) is 26.4. The monoisotopic (exact) mass is 521 g/mol. The molecule has 3 amide bonds. The van der Waals surface area contributed by atoms with Gasteiger partial charge in [-0.15, -0.1) is 0 Å². The second kappa shape index (κ2) is 12.1. The number of anilines is 1. The molecule has 0 aromatic heterocycles. The number of benzene rings is 2. The number of fused-ring (bicyclic) bond motifs is 3. The van der Waals surface area contributed by atoms with Crippen molar-refractivity contribution in [2.24, 2.45) is 9.98 Å². The highest BCUT2D eigenvalue weighted by Crippen LogP contribution is 2.36. The third kappa shape index (κ3) is 6.02. The van der Waals surface area contributed by atoms with Gasteiger partial charge in [-0.2, -0.15) is 0 Å². The number of hydrogen-bond acceptors (Lipinski definition) is 7. The maximum atomic E-state index is 13.4. The maximum Gasteiger partial charge on any atom is 0.259 e. The Morgan fingerprint density at radius 1 is 1.16 bits per heavy atom. The fourth-order valence-electron chi connectivity index (χ4n) is 4.04. The molecule has 0 fully saturated rings. The number of rotatable bonds is 10. The summed E-state index contributed by atoms with van der Waals surface area (Å²) in [5.41, 5.74) is 2.01. The van der Waals surface area contributed by atoms with Crippen molar-refractivity contribution in [3.8, 4) is 5.75 Å². The summed E-state index contributed by atoms with van der Waals surface area (Å²) in [6.45, 7) is 4.53. The molecule has 9 nitrogen and oxygen atoms in total. The smallest absolute Gasteiger partial charge is 0.259 e. The molecule has 37 heavy (non-hydrogen) atoms. The van der Waals surface area contributed by atoms with Gasteiger partial charge in [0.15, 0.2) is 5.17 Å². The second-order valence-corrected chi connectivity index (χ2v) is 9.87. The number of ether oxygens (including phenoxy) is 1. The molecule has 2 aromatic carbocycles. The van der Waals surface area contributed by atoms with Gasteiger partial charge >= 0.3 is 0 Å². The number of methoxy groups -OCH3 is 1. The van der Waals surface area contributed by atoms with Crippen LogP contribution in [0.3, 0.4) is 0 Å². The standard InChI is InChI=1S/C27H31N5O4S/c1-4-6-14-28-23(33)16-21-26(35)32-24(30-21)19-12-7-8-13-20(19)31-27(32)37-22(5-2)25(34)29-17-10-9-11-18(15-17)36-3/h7-13,15,21-22H,4-6,14,16H2,1-3H3,(H,28,33)(H,29,34)/t21-,22-/m1/s1. The molecule has 0 saturated heterocycles. The van der Waals surface area contributed by atoms with Gasteiger partial charge in [-0.1, -0.05) is 50.2 Å². The van der Waals surface area contributed by atoms with E-state index >= 15 is 0 Å². The van der Waals surface area contributed by atoms with Gasteiger partial charge in [0.05, 0.1) is 24.5 Å². The highest BCUT2D eigenvalue weighted by molar-refractivity contribution is 8.15. The van der Waals surface area contributed by atoms with Gasteiger partial charge in [0.2, 0.25) is 11.8 Å². The Morgan fingerprint density at radius 2 is 1.97 bits per heavy atom. The van der Waals surface area contributed by atoms with E-state index in [0.717, 1.165) is 18.4 Å². The average Bonchev–Trinajstić information content (AvgIpc) is 3.23. The summed E-state index contributed by atoms with van der Waals surface area (Å²) in [4.78, 5) is 49.9. The molecule has 2 heterocycles. The van der Waals surface area contributed by atoms with Gasteiger partial charge in [-0.05, 0) is 37.1 Å². The van der Waals surface area contributed by atoms with E-state index in [0.29, 0.717) is 41.1 Å². The number of carbonyl (C=O) groups is 3. The van der Waals surface area contributed by atoms with Crippen LogP contribution in [0.2, 0.25) is 0 Å². The van der Waals surface area contributed by atoms with Gasteiger partial charge in [0, 0.05) is 23.9 Å². The molecular formula is C27H31N5O4S. The number of amidine groups is 2. The van der Waals surface area contributed by atoms with Crippen LogP contribution in [-0.2, 0) is 14.4 Å². The second-order valence-electron chi connectivity index (χ2n) is 8.70. The zero-order valence-corrected chi connectivity index (χ0v) is 22.0. The Morgan fingerprint density at radius 3 is 2.73 bits per heavy atom. The van der Waals surface area contributed by atoms with Crippen molar-refractivity contribution in [2.45, 2.75) is 50.8 Å². The molecule has 2 aliphatic heterocycles. The van der Waals surface area contributed by atoms with Crippen molar-refractivity contribution in [1.29, 1.82) is 0 Å². The first-order chi connectivity index (χ1) is 17.9. The minimum atomic E-state index is -0.834. The highest BCUT2D eigenvalue weighted by Gasteiger charge is 2.43. The molecule has 0 aliphatic carbocycles. The Balaban J connectivity index is 1.55. The Kier molecular flexibility index (Phi) is 8.60. The number of amides is 3. The molecule has 0 bridgehead atoms. The maximum absolute atomic E-state index is 13.4. The number of nitrogens with zero attached hydrogens (tertiary/aromatic N) is 3. The van der Waals surface area contributed by atoms with Crippen LogP contribution in [-0.4, -0.2) is 58.6 Å². The van der Waals surface area contributed by atoms with E-state index in [2.05, 4.69) is 15.6 Å².